The Labute approximate surface area is 116 Å². The van der Waals surface area contributed by atoms with E-state index < -0.39 is 12.1 Å². The Morgan fingerprint density at radius 3 is 2.70 bits per heavy atom. The predicted octanol–water partition coefficient (Wildman–Crippen LogP) is 0.599. The third-order valence-electron chi connectivity index (χ3n) is 3.26. The van der Waals surface area contributed by atoms with Crippen LogP contribution in [-0.2, 0) is 16.1 Å². The number of carbonyl (C=O) groups is 3. The van der Waals surface area contributed by atoms with Gasteiger partial charge in [-0.3, -0.25) is 14.9 Å². The van der Waals surface area contributed by atoms with Crippen LogP contribution < -0.4 is 16.0 Å². The molecule has 1 fully saturated rings. The van der Waals surface area contributed by atoms with Crippen LogP contribution in [0.1, 0.15) is 24.0 Å². The largest absolute Gasteiger partial charge is 0.352 e. The minimum Gasteiger partial charge on any atom is -0.352 e. The summed E-state index contributed by atoms with van der Waals surface area (Å²) in [6, 6.07) is 6.71. The van der Waals surface area contributed by atoms with Crippen molar-refractivity contribution in [3.63, 3.8) is 0 Å². The Bertz CT molecular complexity index is 542. The molecule has 1 aliphatic rings. The SMILES string of the molecule is Cc1ccccc1CNC(=O)CCC1NC(=O)NC1=O. The van der Waals surface area contributed by atoms with Crippen molar-refractivity contribution in [3.05, 3.63) is 35.4 Å². The lowest BCUT2D eigenvalue weighted by atomic mass is 10.1. The maximum Gasteiger partial charge on any atom is 0.322 e. The average Bonchev–Trinajstić information content (AvgIpc) is 2.74. The third-order valence-corrected chi connectivity index (χ3v) is 3.26. The van der Waals surface area contributed by atoms with E-state index in [-0.39, 0.29) is 18.2 Å². The molecule has 1 heterocycles. The number of urea groups is 1. The Kier molecular flexibility index (Phi) is 4.34. The van der Waals surface area contributed by atoms with Gasteiger partial charge >= 0.3 is 6.03 Å². The van der Waals surface area contributed by atoms with Crippen LogP contribution in [0.3, 0.4) is 0 Å². The molecule has 6 heteroatoms. The van der Waals surface area contributed by atoms with Crippen molar-refractivity contribution in [2.24, 2.45) is 0 Å². The van der Waals surface area contributed by atoms with Crippen LogP contribution in [0, 0.1) is 6.92 Å². The topological polar surface area (TPSA) is 87.3 Å². The van der Waals surface area contributed by atoms with Crippen LogP contribution in [-0.4, -0.2) is 23.9 Å². The number of imide groups is 1. The molecule has 3 N–H and O–H groups in total. The third kappa shape index (κ3) is 3.57. The number of aryl methyl sites for hydroxylation is 1. The zero-order valence-electron chi connectivity index (χ0n) is 11.2. The quantitative estimate of drug-likeness (QED) is 0.688. The predicted molar refractivity (Wildman–Crippen MR) is 72.7 cm³/mol. The summed E-state index contributed by atoms with van der Waals surface area (Å²) in [4.78, 5) is 33.9. The maximum atomic E-state index is 11.7. The highest BCUT2D eigenvalue weighted by Crippen LogP contribution is 2.07. The number of carbonyl (C=O) groups excluding carboxylic acids is 3. The lowest BCUT2D eigenvalue weighted by Gasteiger charge is -2.09. The smallest absolute Gasteiger partial charge is 0.322 e. The number of nitrogens with one attached hydrogen (secondary N) is 3. The molecule has 1 atom stereocenters. The molecular formula is C14H17N3O3. The number of rotatable bonds is 5. The van der Waals surface area contributed by atoms with Crippen molar-refractivity contribution in [2.75, 3.05) is 0 Å². The van der Waals surface area contributed by atoms with Crippen molar-refractivity contribution in [2.45, 2.75) is 32.4 Å². The van der Waals surface area contributed by atoms with Gasteiger partial charge in [0, 0.05) is 13.0 Å². The Balaban J connectivity index is 1.75. The number of hydrogen-bond donors (Lipinski definition) is 3. The summed E-state index contributed by atoms with van der Waals surface area (Å²) in [6.45, 7) is 2.45. The standard InChI is InChI=1S/C14H17N3O3/c1-9-4-2-3-5-10(9)8-15-12(18)7-6-11-13(19)17-14(20)16-11/h2-5,11H,6-8H2,1H3,(H,15,18)(H2,16,17,19,20). The lowest BCUT2D eigenvalue weighted by Crippen LogP contribution is -2.31. The summed E-state index contributed by atoms with van der Waals surface area (Å²) in [7, 11) is 0. The van der Waals surface area contributed by atoms with Gasteiger partial charge in [0.1, 0.15) is 6.04 Å². The summed E-state index contributed by atoms with van der Waals surface area (Å²) < 4.78 is 0. The molecule has 1 aromatic rings. The lowest BCUT2D eigenvalue weighted by molar-refractivity contribution is -0.122. The zero-order valence-corrected chi connectivity index (χ0v) is 11.2. The van der Waals surface area contributed by atoms with E-state index >= 15 is 0 Å². The Hall–Kier alpha value is -2.37. The summed E-state index contributed by atoms with van der Waals surface area (Å²) >= 11 is 0. The van der Waals surface area contributed by atoms with Crippen LogP contribution >= 0.6 is 0 Å². The van der Waals surface area contributed by atoms with Gasteiger partial charge in [0.2, 0.25) is 5.91 Å². The fourth-order valence-corrected chi connectivity index (χ4v) is 2.03. The van der Waals surface area contributed by atoms with E-state index in [0.29, 0.717) is 13.0 Å². The van der Waals surface area contributed by atoms with Crippen molar-refractivity contribution in [1.29, 1.82) is 0 Å². The fraction of sp³-hybridized carbons (Fsp3) is 0.357. The molecule has 1 saturated heterocycles. The molecule has 0 aliphatic carbocycles. The first-order valence-corrected chi connectivity index (χ1v) is 6.49. The van der Waals surface area contributed by atoms with Crippen molar-refractivity contribution in [3.8, 4) is 0 Å². The summed E-state index contributed by atoms with van der Waals surface area (Å²) in [6.07, 6.45) is 0.501. The molecule has 1 aliphatic heterocycles. The second-order valence-electron chi connectivity index (χ2n) is 4.76. The van der Waals surface area contributed by atoms with E-state index in [9.17, 15) is 14.4 Å². The van der Waals surface area contributed by atoms with Gasteiger partial charge in [-0.2, -0.15) is 0 Å². The minimum atomic E-state index is -0.605. The van der Waals surface area contributed by atoms with Gasteiger partial charge in [-0.15, -0.1) is 0 Å². The molecule has 1 aromatic carbocycles. The van der Waals surface area contributed by atoms with E-state index in [0.717, 1.165) is 11.1 Å². The molecular weight excluding hydrogens is 258 g/mol. The van der Waals surface area contributed by atoms with E-state index in [1.165, 1.54) is 0 Å². The average molecular weight is 275 g/mol. The normalized spacial score (nSPS) is 17.6. The van der Waals surface area contributed by atoms with Gasteiger partial charge in [-0.05, 0) is 24.5 Å². The summed E-state index contributed by atoms with van der Waals surface area (Å²) in [5.74, 6) is -0.510. The van der Waals surface area contributed by atoms with Gasteiger partial charge in [0.15, 0.2) is 0 Å². The van der Waals surface area contributed by atoms with Crippen LogP contribution in [0.4, 0.5) is 4.79 Å². The van der Waals surface area contributed by atoms with E-state index in [1.54, 1.807) is 0 Å². The number of amides is 4. The van der Waals surface area contributed by atoms with Gasteiger partial charge in [0.25, 0.3) is 5.91 Å². The van der Waals surface area contributed by atoms with Crippen molar-refractivity contribution in [1.82, 2.24) is 16.0 Å². The molecule has 4 amide bonds. The zero-order chi connectivity index (χ0) is 14.5. The van der Waals surface area contributed by atoms with Crippen LogP contribution in [0.2, 0.25) is 0 Å². The molecule has 0 saturated carbocycles. The van der Waals surface area contributed by atoms with Crippen LogP contribution in [0.15, 0.2) is 24.3 Å². The van der Waals surface area contributed by atoms with E-state index in [2.05, 4.69) is 16.0 Å². The van der Waals surface area contributed by atoms with Crippen LogP contribution in [0.25, 0.3) is 0 Å². The van der Waals surface area contributed by atoms with E-state index in [1.807, 2.05) is 31.2 Å². The van der Waals surface area contributed by atoms with Crippen molar-refractivity contribution < 1.29 is 14.4 Å². The van der Waals surface area contributed by atoms with Gasteiger partial charge < -0.3 is 10.6 Å². The Morgan fingerprint density at radius 1 is 1.30 bits per heavy atom. The maximum absolute atomic E-state index is 11.7. The highest BCUT2D eigenvalue weighted by molar-refractivity contribution is 6.04. The molecule has 20 heavy (non-hydrogen) atoms. The monoisotopic (exact) mass is 275 g/mol. The number of benzene rings is 1. The summed E-state index contributed by atoms with van der Waals surface area (Å²) in [5, 5.41) is 7.40. The Morgan fingerprint density at radius 2 is 2.05 bits per heavy atom. The second-order valence-corrected chi connectivity index (χ2v) is 4.76. The molecule has 0 spiro atoms. The van der Waals surface area contributed by atoms with Gasteiger partial charge in [-0.1, -0.05) is 24.3 Å². The fourth-order valence-electron chi connectivity index (χ4n) is 2.03. The molecule has 2 rings (SSSR count). The highest BCUT2D eigenvalue weighted by atomic mass is 16.2. The molecule has 0 radical (unpaired) electrons. The molecule has 6 nitrogen and oxygen atoms in total. The summed E-state index contributed by atoms with van der Waals surface area (Å²) in [5.41, 5.74) is 2.18. The number of hydrogen-bond acceptors (Lipinski definition) is 3. The van der Waals surface area contributed by atoms with Gasteiger partial charge in [0.05, 0.1) is 0 Å². The first-order valence-electron chi connectivity index (χ1n) is 6.49. The van der Waals surface area contributed by atoms with E-state index in [4.69, 9.17) is 0 Å². The second kappa shape index (κ2) is 6.18. The molecule has 106 valence electrons. The van der Waals surface area contributed by atoms with Gasteiger partial charge in [-0.25, -0.2) is 4.79 Å². The highest BCUT2D eigenvalue weighted by Gasteiger charge is 2.29. The molecule has 0 bridgehead atoms. The minimum absolute atomic E-state index is 0.137. The molecule has 1 unspecified atom stereocenters. The van der Waals surface area contributed by atoms with Crippen molar-refractivity contribution >= 4 is 17.8 Å². The first kappa shape index (κ1) is 14.0. The first-order chi connectivity index (χ1) is 9.56. The molecule has 0 aromatic heterocycles. The van der Waals surface area contributed by atoms with Crippen LogP contribution in [0.5, 0.6) is 0 Å².